The molecule has 0 N–H and O–H groups in total. The smallest absolute Gasteiger partial charge is 0.306 e. The molecule has 0 spiro atoms. The lowest BCUT2D eigenvalue weighted by atomic mass is 10.0. The molecule has 0 aromatic carbocycles. The van der Waals surface area contributed by atoms with Crippen LogP contribution in [0.3, 0.4) is 0 Å². The molecule has 2 fully saturated rings. The van der Waals surface area contributed by atoms with Gasteiger partial charge in [-0.25, -0.2) is 0 Å². The summed E-state index contributed by atoms with van der Waals surface area (Å²) in [5.74, 6) is -1.65. The van der Waals surface area contributed by atoms with Gasteiger partial charge in [0.2, 0.25) is 0 Å². The molecule has 322 valence electrons. The van der Waals surface area contributed by atoms with E-state index in [0.717, 1.165) is 38.5 Å². The molecule has 5 atom stereocenters. The van der Waals surface area contributed by atoms with Gasteiger partial charge in [-0.2, -0.15) is 0 Å². The number of phosphoric ester groups is 1. The molecule has 14 heteroatoms. The van der Waals surface area contributed by atoms with Crippen LogP contribution in [0.2, 0.25) is 0 Å². The van der Waals surface area contributed by atoms with Gasteiger partial charge in [-0.1, -0.05) is 96.1 Å². The van der Waals surface area contributed by atoms with Gasteiger partial charge in [-0.05, 0) is 52.4 Å². The maximum Gasteiger partial charge on any atom is 0.306 e. The summed E-state index contributed by atoms with van der Waals surface area (Å²) in [4.78, 5) is 38.1. The van der Waals surface area contributed by atoms with Crippen LogP contribution in [-0.4, -0.2) is 108 Å². The molecule has 2 heterocycles. The minimum absolute atomic E-state index is 0.0355. The molecule has 13 nitrogen and oxygen atoms in total. The van der Waals surface area contributed by atoms with Crippen LogP contribution in [0.4, 0.5) is 0 Å². The zero-order valence-electron chi connectivity index (χ0n) is 35.1. The van der Waals surface area contributed by atoms with Crippen molar-refractivity contribution in [1.82, 2.24) is 0 Å². The van der Waals surface area contributed by atoms with Crippen molar-refractivity contribution < 1.29 is 61.0 Å². The Kier molecular flexibility index (Phi) is 25.4. The van der Waals surface area contributed by atoms with E-state index in [1.54, 1.807) is 0 Å². The van der Waals surface area contributed by atoms with Gasteiger partial charge in [0.25, 0.3) is 7.82 Å². The summed E-state index contributed by atoms with van der Waals surface area (Å²) in [6, 6.07) is 0. The normalized spacial score (nSPS) is 21.0. The molecule has 0 aliphatic carbocycles. The number of rotatable bonds is 32. The summed E-state index contributed by atoms with van der Waals surface area (Å²) in [5.41, 5.74) is 0. The van der Waals surface area contributed by atoms with Crippen molar-refractivity contribution in [3.05, 3.63) is 12.2 Å². The Morgan fingerprint density at radius 3 is 2.09 bits per heavy atom. The Balaban J connectivity index is 1.81. The molecule has 2 aliphatic rings. The van der Waals surface area contributed by atoms with E-state index in [1.165, 1.54) is 57.8 Å². The summed E-state index contributed by atoms with van der Waals surface area (Å²) < 4.78 is 57.7. The maximum atomic E-state index is 13.0. The maximum absolute atomic E-state index is 13.0. The number of esters is 2. The highest BCUT2D eigenvalue weighted by Crippen LogP contribution is 2.38. The second kappa shape index (κ2) is 28.1. The summed E-state index contributed by atoms with van der Waals surface area (Å²) in [7, 11) is 1.05. The van der Waals surface area contributed by atoms with Crippen molar-refractivity contribution in [3.63, 3.8) is 0 Å². The van der Waals surface area contributed by atoms with Gasteiger partial charge in [-0.3, -0.25) is 14.2 Å². The Labute approximate surface area is 332 Å². The second-order valence-corrected chi connectivity index (χ2v) is 17.9. The number of hydrogen-bond acceptors (Lipinski definition) is 12. The largest absolute Gasteiger partial charge is 0.756 e. The molecule has 2 rings (SSSR count). The van der Waals surface area contributed by atoms with Gasteiger partial charge in [0.1, 0.15) is 25.9 Å². The molecular weight excluding hydrogens is 729 g/mol. The Bertz CT molecular complexity index is 1110. The van der Waals surface area contributed by atoms with Crippen molar-refractivity contribution in [2.75, 3.05) is 60.7 Å². The molecule has 0 aromatic heterocycles. The number of phosphoric acid groups is 1. The molecule has 55 heavy (non-hydrogen) atoms. The first-order valence-electron chi connectivity index (χ1n) is 21.2. The van der Waals surface area contributed by atoms with Crippen molar-refractivity contribution in [1.29, 1.82) is 0 Å². The standard InChI is InChI=1S/C41H76NO12P/c1-7-8-9-10-11-12-13-14-15-16-17-18-19-24-38(43)48-32-37(34-51-55(45,46)50-31-29-42(4,5)6)52-39(44)25-22-23-35(53-40-26-20-21-30-47-40)27-28-36-33-49-41(2,3)54-36/h27-28,35-37,40H,7-26,29-34H2,1-6H3/b28-27+/t35?,36-,37-,40?/m0/s1. The predicted molar refractivity (Wildman–Crippen MR) is 210 cm³/mol. The van der Waals surface area contributed by atoms with Gasteiger partial charge >= 0.3 is 11.9 Å². The molecule has 0 bridgehead atoms. The molecule has 2 saturated heterocycles. The monoisotopic (exact) mass is 806 g/mol. The first-order valence-corrected chi connectivity index (χ1v) is 22.7. The zero-order valence-corrected chi connectivity index (χ0v) is 36.0. The number of carbonyl (C=O) groups excluding carboxylic acids is 2. The molecule has 0 amide bonds. The average molecular weight is 806 g/mol. The molecule has 0 saturated carbocycles. The SMILES string of the molecule is CCCCCCCCCCCCCCCC(=O)OC[C@@H](COP(=O)([O-])OCC[N+](C)(C)C)OC(=O)CCCC(/C=C/[C@H]1COC(C)(C)O1)OC1CCCCO1. The lowest BCUT2D eigenvalue weighted by molar-refractivity contribution is -0.870. The van der Waals surface area contributed by atoms with E-state index in [-0.39, 0.29) is 44.6 Å². The lowest BCUT2D eigenvalue weighted by Crippen LogP contribution is -2.37. The van der Waals surface area contributed by atoms with Crippen LogP contribution in [0.1, 0.15) is 149 Å². The highest BCUT2D eigenvalue weighted by molar-refractivity contribution is 7.45. The summed E-state index contributed by atoms with van der Waals surface area (Å²) in [6.45, 7) is 6.58. The van der Waals surface area contributed by atoms with Crippen LogP contribution in [0.25, 0.3) is 0 Å². The second-order valence-electron chi connectivity index (χ2n) is 16.5. The molecule has 0 aromatic rings. The Hall–Kier alpha value is -1.41. The fraction of sp³-hybridized carbons (Fsp3) is 0.902. The van der Waals surface area contributed by atoms with Crippen molar-refractivity contribution in [2.45, 2.75) is 180 Å². The summed E-state index contributed by atoms with van der Waals surface area (Å²) in [6.07, 6.45) is 21.5. The summed E-state index contributed by atoms with van der Waals surface area (Å²) in [5, 5.41) is 0. The number of likely N-dealkylation sites (N-methyl/N-ethyl adjacent to an activating group) is 1. The van der Waals surface area contributed by atoms with Crippen molar-refractivity contribution in [3.8, 4) is 0 Å². The van der Waals surface area contributed by atoms with E-state index in [1.807, 2.05) is 47.1 Å². The fourth-order valence-corrected chi connectivity index (χ4v) is 7.00. The van der Waals surface area contributed by atoms with Gasteiger partial charge in [0.05, 0.1) is 40.5 Å². The van der Waals surface area contributed by atoms with Crippen LogP contribution >= 0.6 is 7.82 Å². The van der Waals surface area contributed by atoms with E-state index in [2.05, 4.69) is 6.92 Å². The Morgan fingerprint density at radius 2 is 1.51 bits per heavy atom. The van der Waals surface area contributed by atoms with E-state index in [9.17, 15) is 19.0 Å². The van der Waals surface area contributed by atoms with Crippen LogP contribution < -0.4 is 4.89 Å². The molecule has 0 radical (unpaired) electrons. The topological polar surface area (TPSA) is 148 Å². The third-order valence-corrected chi connectivity index (χ3v) is 10.5. The zero-order chi connectivity index (χ0) is 40.4. The fourth-order valence-electron chi connectivity index (χ4n) is 6.27. The number of quaternary nitrogens is 1. The van der Waals surface area contributed by atoms with Gasteiger partial charge in [0, 0.05) is 19.4 Å². The highest BCUT2D eigenvalue weighted by atomic mass is 31.2. The number of nitrogens with zero attached hydrogens (tertiary/aromatic N) is 1. The van der Waals surface area contributed by atoms with Crippen LogP contribution in [0.15, 0.2) is 12.2 Å². The number of unbranched alkanes of at least 4 members (excludes halogenated alkanes) is 12. The average Bonchev–Trinajstić information content (AvgIpc) is 3.48. The van der Waals surface area contributed by atoms with Gasteiger partial charge in [0.15, 0.2) is 18.2 Å². The quantitative estimate of drug-likeness (QED) is 0.0214. The third kappa shape index (κ3) is 27.0. The highest BCUT2D eigenvalue weighted by Gasteiger charge is 2.31. The molecule has 3 unspecified atom stereocenters. The van der Waals surface area contributed by atoms with E-state index >= 15 is 0 Å². The Morgan fingerprint density at radius 1 is 0.873 bits per heavy atom. The van der Waals surface area contributed by atoms with Gasteiger partial charge < -0.3 is 46.8 Å². The number of ether oxygens (including phenoxy) is 6. The van der Waals surface area contributed by atoms with E-state index in [4.69, 9.17) is 37.5 Å². The summed E-state index contributed by atoms with van der Waals surface area (Å²) >= 11 is 0. The third-order valence-electron chi connectivity index (χ3n) is 9.55. The minimum atomic E-state index is -4.69. The van der Waals surface area contributed by atoms with Crippen LogP contribution in [0, 0.1) is 0 Å². The molecular formula is C41H76NO12P. The first-order chi connectivity index (χ1) is 26.2. The first kappa shape index (κ1) is 49.7. The van der Waals surface area contributed by atoms with E-state index < -0.39 is 38.3 Å². The number of hydrogen-bond donors (Lipinski definition) is 0. The van der Waals surface area contributed by atoms with Crippen molar-refractivity contribution >= 4 is 19.8 Å². The predicted octanol–water partition coefficient (Wildman–Crippen LogP) is 7.92. The van der Waals surface area contributed by atoms with Crippen molar-refractivity contribution in [2.24, 2.45) is 0 Å². The van der Waals surface area contributed by atoms with Crippen LogP contribution in [-0.2, 0) is 51.6 Å². The van der Waals surface area contributed by atoms with Crippen LogP contribution in [0.5, 0.6) is 0 Å². The molecule has 2 aliphatic heterocycles. The van der Waals surface area contributed by atoms with E-state index in [0.29, 0.717) is 43.5 Å². The van der Waals surface area contributed by atoms with Gasteiger partial charge in [-0.15, -0.1) is 0 Å². The number of carbonyl (C=O) groups is 2. The minimum Gasteiger partial charge on any atom is -0.756 e. The lowest BCUT2D eigenvalue weighted by Gasteiger charge is -2.28.